The molecule has 0 unspecified atom stereocenters. The molecule has 0 bridgehead atoms. The molecule has 7 rings (SSSR count). The Balaban J connectivity index is 1.20. The van der Waals surface area contributed by atoms with Crippen molar-refractivity contribution in [2.45, 2.75) is 13.1 Å². The molecule has 10 nitrogen and oxygen atoms in total. The Morgan fingerprint density at radius 3 is 2.55 bits per heavy atom. The molecule has 0 aliphatic rings. The summed E-state index contributed by atoms with van der Waals surface area (Å²) < 4.78 is 31.0. The van der Waals surface area contributed by atoms with Crippen LogP contribution in [0, 0.1) is 11.6 Å². The summed E-state index contributed by atoms with van der Waals surface area (Å²) in [5.74, 6) is -0.597. The average molecular weight is 631 g/mol. The van der Waals surface area contributed by atoms with Crippen LogP contribution in [0.2, 0.25) is 0 Å². The molecular formula is C35H32F2N10. The summed E-state index contributed by atoms with van der Waals surface area (Å²) in [5, 5.41) is 14.2. The first kappa shape index (κ1) is 30.1. The first-order chi connectivity index (χ1) is 22.9. The van der Waals surface area contributed by atoms with Crippen molar-refractivity contribution in [1.29, 1.82) is 0 Å². The number of hydrogen-bond donors (Lipinski definition) is 4. The second-order valence-electron chi connectivity index (χ2n) is 11.6. The number of anilines is 1. The lowest BCUT2D eigenvalue weighted by Gasteiger charge is -2.13. The first-order valence-corrected chi connectivity index (χ1v) is 15.2. The molecule has 2 aromatic carbocycles. The number of likely N-dealkylation sites (N-methyl/N-ethyl adjacent to an activating group) is 1. The van der Waals surface area contributed by atoms with Gasteiger partial charge in [0.25, 0.3) is 0 Å². The van der Waals surface area contributed by atoms with E-state index in [1.165, 1.54) is 17.7 Å². The van der Waals surface area contributed by atoms with Crippen LogP contribution in [0.1, 0.15) is 11.1 Å². The third-order valence-corrected chi connectivity index (χ3v) is 7.83. The van der Waals surface area contributed by atoms with Gasteiger partial charge in [0, 0.05) is 61.6 Å². The normalized spacial score (nSPS) is 11.6. The van der Waals surface area contributed by atoms with Gasteiger partial charge < -0.3 is 20.5 Å². The number of fused-ring (bicyclic) bond motifs is 2. The average Bonchev–Trinajstić information content (AvgIpc) is 3.70. The Hall–Kier alpha value is -5.59. The highest BCUT2D eigenvalue weighted by Crippen LogP contribution is 2.35. The molecule has 4 N–H and O–H groups in total. The fourth-order valence-corrected chi connectivity index (χ4v) is 5.54. The topological polar surface area (TPSA) is 123 Å². The minimum absolute atomic E-state index is 0.154. The minimum atomic E-state index is -0.547. The Morgan fingerprint density at radius 1 is 0.851 bits per heavy atom. The third kappa shape index (κ3) is 6.41. The number of pyridine rings is 3. The van der Waals surface area contributed by atoms with E-state index in [0.29, 0.717) is 64.5 Å². The molecule has 0 amide bonds. The lowest BCUT2D eigenvalue weighted by molar-refractivity contribution is 0.425. The number of hydrogen-bond acceptors (Lipinski definition) is 8. The zero-order chi connectivity index (χ0) is 32.3. The quantitative estimate of drug-likeness (QED) is 0.134. The summed E-state index contributed by atoms with van der Waals surface area (Å²) in [7, 11) is 3.96. The van der Waals surface area contributed by atoms with Gasteiger partial charge in [0.2, 0.25) is 0 Å². The number of nitrogens with one attached hydrogen (secondary N) is 4. The number of rotatable bonds is 11. The predicted octanol–water partition coefficient (Wildman–Crippen LogP) is 6.17. The van der Waals surface area contributed by atoms with Crippen LogP contribution in [0.25, 0.3) is 56.0 Å². The van der Waals surface area contributed by atoms with Gasteiger partial charge in [0.1, 0.15) is 17.2 Å². The van der Waals surface area contributed by atoms with Gasteiger partial charge in [-0.3, -0.25) is 15.1 Å². The van der Waals surface area contributed by atoms with Gasteiger partial charge in [-0.1, -0.05) is 30.3 Å². The van der Waals surface area contributed by atoms with Crippen LogP contribution in [-0.2, 0) is 13.1 Å². The molecule has 47 heavy (non-hydrogen) atoms. The molecule has 236 valence electrons. The van der Waals surface area contributed by atoms with Gasteiger partial charge in [0.05, 0.1) is 22.6 Å². The number of H-pyrrole nitrogens is 2. The van der Waals surface area contributed by atoms with Gasteiger partial charge >= 0.3 is 0 Å². The number of aromatic nitrogens is 7. The third-order valence-electron chi connectivity index (χ3n) is 7.83. The highest BCUT2D eigenvalue weighted by atomic mass is 19.1. The second kappa shape index (κ2) is 13.0. The standard InChI is InChI=1S/C35H32F2N10/c1-47(2)11-10-40-26-14-23(13-25(36)15-26)27-8-9-41-34-32(27)43-35(44-34)33-29-28(45-46-33)20-42-31(30(29)37)24-12-22(18-39-19-24)17-38-16-21-6-4-3-5-7-21/h3-9,12-15,18-20,38,40H,10-11,16-17H2,1-2H3,(H,45,46)(H,41,43,44). The number of halogens is 2. The molecular weight excluding hydrogens is 598 g/mol. The number of aromatic amines is 2. The SMILES string of the molecule is CN(C)CCNc1cc(F)cc(-c2ccnc3nc(-c4n[nH]c5cnc(-c6cncc(CNCc7ccccc7)c6)c(F)c45)[nH]c23)c1. The van der Waals surface area contributed by atoms with E-state index in [4.69, 9.17) is 0 Å². The summed E-state index contributed by atoms with van der Waals surface area (Å²) in [6.45, 7) is 2.72. The van der Waals surface area contributed by atoms with E-state index in [0.717, 1.165) is 12.1 Å². The molecule has 12 heteroatoms. The van der Waals surface area contributed by atoms with Crippen molar-refractivity contribution in [3.8, 4) is 33.9 Å². The molecule has 0 aliphatic carbocycles. The zero-order valence-corrected chi connectivity index (χ0v) is 25.9. The summed E-state index contributed by atoms with van der Waals surface area (Å²) in [6.07, 6.45) is 6.51. The molecule has 7 aromatic rings. The van der Waals surface area contributed by atoms with Crippen molar-refractivity contribution in [1.82, 2.24) is 45.3 Å². The largest absolute Gasteiger partial charge is 0.384 e. The molecule has 0 saturated carbocycles. The predicted molar refractivity (Wildman–Crippen MR) is 179 cm³/mol. The maximum atomic E-state index is 16.3. The van der Waals surface area contributed by atoms with Gasteiger partial charge in [-0.15, -0.1) is 0 Å². The van der Waals surface area contributed by atoms with Gasteiger partial charge in [-0.05, 0) is 61.1 Å². The van der Waals surface area contributed by atoms with Gasteiger partial charge in [0.15, 0.2) is 17.3 Å². The fraction of sp³-hybridized carbons (Fsp3) is 0.171. The summed E-state index contributed by atoms with van der Waals surface area (Å²) >= 11 is 0. The Labute approximate surface area is 269 Å². The van der Waals surface area contributed by atoms with Crippen molar-refractivity contribution in [2.75, 3.05) is 32.5 Å². The minimum Gasteiger partial charge on any atom is -0.384 e. The van der Waals surface area contributed by atoms with Crippen molar-refractivity contribution in [3.05, 3.63) is 108 Å². The fourth-order valence-electron chi connectivity index (χ4n) is 5.54. The molecule has 0 saturated heterocycles. The van der Waals surface area contributed by atoms with E-state index in [-0.39, 0.29) is 22.6 Å². The van der Waals surface area contributed by atoms with Crippen LogP contribution in [-0.4, -0.2) is 67.2 Å². The Morgan fingerprint density at radius 2 is 1.70 bits per heavy atom. The Kier molecular flexibility index (Phi) is 8.34. The zero-order valence-electron chi connectivity index (χ0n) is 25.9. The van der Waals surface area contributed by atoms with Crippen LogP contribution in [0.5, 0.6) is 0 Å². The first-order valence-electron chi connectivity index (χ1n) is 15.2. The molecule has 5 aromatic heterocycles. The lowest BCUT2D eigenvalue weighted by atomic mass is 10.0. The smallest absolute Gasteiger partial charge is 0.178 e. The number of imidazole rings is 1. The van der Waals surface area contributed by atoms with E-state index in [1.807, 2.05) is 49.3 Å². The van der Waals surface area contributed by atoms with E-state index in [1.54, 1.807) is 30.9 Å². The lowest BCUT2D eigenvalue weighted by Crippen LogP contribution is -2.20. The van der Waals surface area contributed by atoms with Gasteiger partial charge in [-0.25, -0.2) is 18.7 Å². The number of benzene rings is 2. The van der Waals surface area contributed by atoms with E-state index < -0.39 is 5.82 Å². The van der Waals surface area contributed by atoms with Crippen LogP contribution in [0.15, 0.2) is 85.5 Å². The molecule has 5 heterocycles. The van der Waals surface area contributed by atoms with E-state index in [2.05, 4.69) is 57.9 Å². The van der Waals surface area contributed by atoms with Gasteiger partial charge in [-0.2, -0.15) is 5.10 Å². The second-order valence-corrected chi connectivity index (χ2v) is 11.6. The summed E-state index contributed by atoms with van der Waals surface area (Å²) in [6, 6.07) is 18.6. The Bertz CT molecular complexity index is 2180. The van der Waals surface area contributed by atoms with Crippen LogP contribution >= 0.6 is 0 Å². The van der Waals surface area contributed by atoms with E-state index >= 15 is 4.39 Å². The van der Waals surface area contributed by atoms with Crippen molar-refractivity contribution < 1.29 is 8.78 Å². The van der Waals surface area contributed by atoms with Crippen LogP contribution in [0.3, 0.4) is 0 Å². The monoisotopic (exact) mass is 630 g/mol. The molecule has 0 spiro atoms. The van der Waals surface area contributed by atoms with E-state index in [9.17, 15) is 4.39 Å². The maximum Gasteiger partial charge on any atom is 0.178 e. The maximum absolute atomic E-state index is 16.3. The van der Waals surface area contributed by atoms with Crippen LogP contribution < -0.4 is 10.6 Å². The summed E-state index contributed by atoms with van der Waals surface area (Å²) in [4.78, 5) is 23.1. The highest BCUT2D eigenvalue weighted by molar-refractivity contribution is 5.97. The molecule has 0 fully saturated rings. The summed E-state index contributed by atoms with van der Waals surface area (Å²) in [5.41, 5.74) is 6.47. The van der Waals surface area contributed by atoms with Crippen molar-refractivity contribution in [3.63, 3.8) is 0 Å². The van der Waals surface area contributed by atoms with Crippen molar-refractivity contribution >= 4 is 27.8 Å². The van der Waals surface area contributed by atoms with Crippen molar-refractivity contribution in [2.24, 2.45) is 0 Å². The van der Waals surface area contributed by atoms with Crippen LogP contribution in [0.4, 0.5) is 14.5 Å². The molecule has 0 aliphatic heterocycles. The number of nitrogens with zero attached hydrogens (tertiary/aromatic N) is 6. The highest BCUT2D eigenvalue weighted by Gasteiger charge is 2.22. The molecule has 0 radical (unpaired) electrons. The molecule has 0 atom stereocenters.